The smallest absolute Gasteiger partial charge is 0.319 e. The topological polar surface area (TPSA) is 83.1 Å². The summed E-state index contributed by atoms with van der Waals surface area (Å²) in [5.41, 5.74) is 1.80. The van der Waals surface area contributed by atoms with E-state index in [-0.39, 0.29) is 21.6 Å². The number of fused-ring (bicyclic) bond motifs is 1. The van der Waals surface area contributed by atoms with Gasteiger partial charge in [-0.25, -0.2) is 4.79 Å². The number of carbonyl (C=O) groups excluding carboxylic acids is 2. The van der Waals surface area contributed by atoms with E-state index in [2.05, 4.69) is 20.9 Å². The van der Waals surface area contributed by atoms with Crippen LogP contribution in [0.15, 0.2) is 48.7 Å². The van der Waals surface area contributed by atoms with Crippen molar-refractivity contribution in [1.82, 2.24) is 10.3 Å². The van der Waals surface area contributed by atoms with Crippen molar-refractivity contribution in [3.63, 3.8) is 0 Å². The highest BCUT2D eigenvalue weighted by Crippen LogP contribution is 2.29. The molecule has 144 valence electrons. The second-order valence-corrected chi connectivity index (χ2v) is 6.81. The van der Waals surface area contributed by atoms with E-state index < -0.39 is 5.91 Å². The van der Waals surface area contributed by atoms with E-state index in [1.807, 2.05) is 13.0 Å². The number of aromatic nitrogens is 1. The van der Waals surface area contributed by atoms with Crippen molar-refractivity contribution in [2.45, 2.75) is 13.3 Å². The molecule has 28 heavy (non-hydrogen) atoms. The number of pyridine rings is 1. The molecular formula is C20H18Cl2N4O2. The van der Waals surface area contributed by atoms with Crippen LogP contribution in [0.3, 0.4) is 0 Å². The van der Waals surface area contributed by atoms with Crippen molar-refractivity contribution in [3.8, 4) is 0 Å². The highest BCUT2D eigenvalue weighted by atomic mass is 35.5. The average molecular weight is 417 g/mol. The Balaban J connectivity index is 1.92. The maximum Gasteiger partial charge on any atom is 0.319 e. The molecule has 0 bridgehead atoms. The van der Waals surface area contributed by atoms with Gasteiger partial charge < -0.3 is 16.0 Å². The molecule has 3 amide bonds. The first-order valence-corrected chi connectivity index (χ1v) is 9.44. The van der Waals surface area contributed by atoms with Crippen LogP contribution in [0.1, 0.15) is 23.7 Å². The molecule has 0 aliphatic carbocycles. The lowest BCUT2D eigenvalue weighted by Gasteiger charge is -2.13. The number of amides is 3. The highest BCUT2D eigenvalue weighted by molar-refractivity contribution is 6.40. The van der Waals surface area contributed by atoms with Gasteiger partial charge in [-0.1, -0.05) is 48.3 Å². The Morgan fingerprint density at radius 3 is 2.39 bits per heavy atom. The van der Waals surface area contributed by atoms with Crippen LogP contribution < -0.4 is 16.0 Å². The lowest BCUT2D eigenvalue weighted by atomic mass is 10.1. The van der Waals surface area contributed by atoms with Gasteiger partial charge in [-0.2, -0.15) is 0 Å². The Morgan fingerprint density at radius 2 is 1.68 bits per heavy atom. The molecule has 0 saturated heterocycles. The van der Waals surface area contributed by atoms with E-state index in [1.165, 1.54) is 0 Å². The summed E-state index contributed by atoms with van der Waals surface area (Å²) >= 11 is 12.2. The van der Waals surface area contributed by atoms with E-state index in [0.29, 0.717) is 28.8 Å². The Hall–Kier alpha value is -2.83. The molecule has 0 atom stereocenters. The van der Waals surface area contributed by atoms with E-state index in [1.54, 1.807) is 42.6 Å². The zero-order valence-corrected chi connectivity index (χ0v) is 16.6. The maximum absolute atomic E-state index is 12.7. The maximum atomic E-state index is 12.7. The Kier molecular flexibility index (Phi) is 6.34. The first kappa shape index (κ1) is 19.9. The third-order valence-electron chi connectivity index (χ3n) is 3.99. The van der Waals surface area contributed by atoms with E-state index in [4.69, 9.17) is 23.2 Å². The third kappa shape index (κ3) is 4.35. The normalized spacial score (nSPS) is 10.5. The van der Waals surface area contributed by atoms with Crippen LogP contribution in [0.2, 0.25) is 10.0 Å². The Morgan fingerprint density at radius 1 is 0.964 bits per heavy atom. The molecular weight excluding hydrogens is 399 g/mol. The van der Waals surface area contributed by atoms with Crippen LogP contribution in [-0.2, 0) is 0 Å². The van der Waals surface area contributed by atoms with Crippen LogP contribution in [0.4, 0.5) is 16.2 Å². The van der Waals surface area contributed by atoms with Crippen molar-refractivity contribution >= 4 is 57.4 Å². The summed E-state index contributed by atoms with van der Waals surface area (Å²) in [7, 11) is 0. The van der Waals surface area contributed by atoms with Gasteiger partial charge in [0.05, 0.1) is 32.5 Å². The van der Waals surface area contributed by atoms with Crippen LogP contribution in [0, 0.1) is 0 Å². The summed E-state index contributed by atoms with van der Waals surface area (Å²) in [5, 5.41) is 9.57. The molecule has 1 aromatic heterocycles. The van der Waals surface area contributed by atoms with Crippen molar-refractivity contribution < 1.29 is 9.59 Å². The molecule has 3 N–H and O–H groups in total. The van der Waals surface area contributed by atoms with Gasteiger partial charge in [-0.15, -0.1) is 0 Å². The van der Waals surface area contributed by atoms with Gasteiger partial charge in [0.1, 0.15) is 0 Å². The number of urea groups is 1. The van der Waals surface area contributed by atoms with Gasteiger partial charge in [-0.05, 0) is 30.7 Å². The van der Waals surface area contributed by atoms with Gasteiger partial charge in [-0.3, -0.25) is 9.78 Å². The van der Waals surface area contributed by atoms with Crippen LogP contribution in [0.5, 0.6) is 0 Å². The number of nitrogens with one attached hydrogen (secondary N) is 3. The fraction of sp³-hybridized carbons (Fsp3) is 0.150. The van der Waals surface area contributed by atoms with Crippen molar-refractivity contribution in [2.24, 2.45) is 0 Å². The molecule has 0 radical (unpaired) electrons. The van der Waals surface area contributed by atoms with Gasteiger partial charge >= 0.3 is 6.03 Å². The number of para-hydroxylation sites is 1. The summed E-state index contributed by atoms with van der Waals surface area (Å²) < 4.78 is 0. The zero-order valence-electron chi connectivity index (χ0n) is 15.1. The number of hydrogen-bond acceptors (Lipinski definition) is 3. The number of benzene rings is 2. The molecule has 0 aliphatic rings. The molecule has 3 rings (SSSR count). The minimum atomic E-state index is -0.441. The molecule has 3 aromatic rings. The fourth-order valence-electron chi connectivity index (χ4n) is 2.69. The Bertz CT molecular complexity index is 1020. The second-order valence-electron chi connectivity index (χ2n) is 5.99. The first-order valence-electron chi connectivity index (χ1n) is 8.69. The van der Waals surface area contributed by atoms with Gasteiger partial charge in [0.2, 0.25) is 0 Å². The quantitative estimate of drug-likeness (QED) is 0.525. The number of nitrogens with zero attached hydrogens (tertiary/aromatic N) is 1. The minimum Gasteiger partial charge on any atom is -0.338 e. The van der Waals surface area contributed by atoms with Gasteiger partial charge in [0, 0.05) is 18.1 Å². The predicted octanol–water partition coefficient (Wildman–Crippen LogP) is 5.33. The number of halogens is 2. The van der Waals surface area contributed by atoms with E-state index in [0.717, 1.165) is 6.42 Å². The fourth-order valence-corrected chi connectivity index (χ4v) is 3.26. The van der Waals surface area contributed by atoms with Gasteiger partial charge in [0.15, 0.2) is 0 Å². The first-order chi connectivity index (χ1) is 13.5. The summed E-state index contributed by atoms with van der Waals surface area (Å²) in [4.78, 5) is 29.0. The standard InChI is InChI=1S/C20H18Cl2N4O2/c1-2-10-24-20(28)26-15-9-11-23-18-12(15)5-3-8-16(18)25-19(27)17-13(21)6-4-7-14(17)22/h3-9,11H,2,10H2,1H3,(H,25,27)(H2,23,24,26,28). The average Bonchev–Trinajstić information content (AvgIpc) is 2.67. The second kappa shape index (κ2) is 8.91. The monoisotopic (exact) mass is 416 g/mol. The van der Waals surface area contributed by atoms with E-state index in [9.17, 15) is 9.59 Å². The molecule has 1 heterocycles. The minimum absolute atomic E-state index is 0.191. The molecule has 0 unspecified atom stereocenters. The summed E-state index contributed by atoms with van der Waals surface area (Å²) in [6.45, 7) is 2.55. The molecule has 0 aliphatic heterocycles. The largest absolute Gasteiger partial charge is 0.338 e. The molecule has 0 saturated carbocycles. The Labute approximate surface area is 172 Å². The predicted molar refractivity (Wildman–Crippen MR) is 113 cm³/mol. The third-order valence-corrected chi connectivity index (χ3v) is 4.62. The highest BCUT2D eigenvalue weighted by Gasteiger charge is 2.16. The summed E-state index contributed by atoms with van der Waals surface area (Å²) in [5.74, 6) is -0.441. The molecule has 8 heteroatoms. The van der Waals surface area contributed by atoms with Crippen molar-refractivity contribution in [2.75, 3.05) is 17.2 Å². The zero-order chi connectivity index (χ0) is 20.1. The van der Waals surface area contributed by atoms with Crippen molar-refractivity contribution in [1.29, 1.82) is 0 Å². The number of hydrogen-bond donors (Lipinski definition) is 3. The van der Waals surface area contributed by atoms with Crippen LogP contribution in [-0.4, -0.2) is 23.5 Å². The molecule has 0 fully saturated rings. The molecule has 2 aromatic carbocycles. The summed E-state index contributed by atoms with van der Waals surface area (Å²) in [6, 6.07) is 11.6. The molecule has 6 nitrogen and oxygen atoms in total. The lowest BCUT2D eigenvalue weighted by molar-refractivity contribution is 0.102. The number of carbonyl (C=O) groups is 2. The van der Waals surface area contributed by atoms with Crippen LogP contribution in [0.25, 0.3) is 10.9 Å². The number of rotatable bonds is 5. The number of anilines is 2. The molecule has 0 spiro atoms. The van der Waals surface area contributed by atoms with E-state index >= 15 is 0 Å². The van der Waals surface area contributed by atoms with Gasteiger partial charge in [0.25, 0.3) is 5.91 Å². The lowest BCUT2D eigenvalue weighted by Crippen LogP contribution is -2.29. The SMILES string of the molecule is CCCNC(=O)Nc1ccnc2c(NC(=O)c3c(Cl)cccc3Cl)cccc12. The van der Waals surface area contributed by atoms with Crippen molar-refractivity contribution in [3.05, 3.63) is 64.3 Å². The van der Waals surface area contributed by atoms with Crippen LogP contribution >= 0.6 is 23.2 Å². The summed E-state index contributed by atoms with van der Waals surface area (Å²) in [6.07, 6.45) is 2.40.